The molecule has 50 heavy (non-hydrogen) atoms. The number of nitro benzene ring substituents is 1. The maximum absolute atomic E-state index is 11.7. The van der Waals surface area contributed by atoms with Crippen molar-refractivity contribution >= 4 is 86.5 Å². The zero-order valence-corrected chi connectivity index (χ0v) is 28.4. The van der Waals surface area contributed by atoms with E-state index in [2.05, 4.69) is 26.5 Å². The van der Waals surface area contributed by atoms with E-state index >= 15 is 0 Å². The summed E-state index contributed by atoms with van der Waals surface area (Å²) in [5.41, 5.74) is 5.97. The van der Waals surface area contributed by atoms with Crippen LogP contribution in [0.25, 0.3) is 21.5 Å². The second-order valence-corrected chi connectivity index (χ2v) is 12.2. The number of nitrogens with two attached hydrogens (primary N) is 1. The average molecular weight is 720 g/mol. The van der Waals surface area contributed by atoms with E-state index in [1.807, 2.05) is 0 Å². The van der Waals surface area contributed by atoms with Crippen LogP contribution in [0, 0.1) is 16.2 Å². The maximum atomic E-state index is 11.7. The van der Waals surface area contributed by atoms with Crippen molar-refractivity contribution < 1.29 is 105 Å². The summed E-state index contributed by atoms with van der Waals surface area (Å²) in [6, 6.07) is 17.3. The van der Waals surface area contributed by atoms with Gasteiger partial charge in [0.15, 0.2) is 0 Å². The van der Waals surface area contributed by atoms with Gasteiger partial charge in [-0.3, -0.25) is 10.1 Å². The van der Waals surface area contributed by atoms with Crippen LogP contribution in [0.4, 0.5) is 34.1 Å². The molecule has 0 aromatic heterocycles. The summed E-state index contributed by atoms with van der Waals surface area (Å²) in [4.78, 5) is 9.11. The van der Waals surface area contributed by atoms with Crippen molar-refractivity contribution in [3.63, 3.8) is 0 Å². The van der Waals surface area contributed by atoms with Crippen molar-refractivity contribution in [3.05, 3.63) is 89.0 Å². The van der Waals surface area contributed by atoms with E-state index in [0.717, 1.165) is 30.3 Å². The van der Waals surface area contributed by atoms with Crippen LogP contribution in [0.3, 0.4) is 0 Å². The average Bonchev–Trinajstić information content (AvgIpc) is 2.98. The molecule has 5 aromatic rings. The largest absolute Gasteiger partial charge is 1.00 e. The SMILES string of the molecule is Nc1ccc(S(=O)(=O)[O-])c2c[c-]c(N=Nc3ccc(N=Nc4ccc([N+](=O)[O-])cc4)c4ccc(S(=O)(=O)[O-])cc34)c(O)c12.O=S(=O)=O.[Li+].[Li+].[Li+]. The first kappa shape index (κ1) is 44.1. The Balaban J connectivity index is 0.00000169. The Morgan fingerprint density at radius 2 is 1.30 bits per heavy atom. The molecule has 18 nitrogen and oxygen atoms in total. The number of nitro groups is 1. The fourth-order valence-electron chi connectivity index (χ4n) is 4.13. The van der Waals surface area contributed by atoms with Gasteiger partial charge in [0.05, 0.1) is 26.9 Å². The molecule has 0 aliphatic rings. The molecular formula is C26H15Li3N6O12S3. The van der Waals surface area contributed by atoms with Crippen LogP contribution in [0.2, 0.25) is 0 Å². The standard InChI is InChI=1S/C26H17N6O9S2.3Li.O3S/c27-20-8-12-24(43(39,40)41)18-7-9-23(26(33)25(18)20)31-30-22-11-10-21(17-6-5-16(13-19(17)22)42(36,37)38)29-28-14-1-3-15(4-2-14)32(34)35;;;;1-4(2)3/h1-8,10-13,33H,27H2,(H,36,37,38)(H,39,40,41);;;;/q-1;3*+1;/p-2. The van der Waals surface area contributed by atoms with Crippen LogP contribution in [-0.2, 0) is 30.8 Å². The fourth-order valence-corrected chi connectivity index (χ4v) is 5.29. The fraction of sp³-hybridized carbons (Fsp3) is 0. The molecule has 0 aliphatic heterocycles. The van der Waals surface area contributed by atoms with Crippen molar-refractivity contribution in [2.24, 2.45) is 20.5 Å². The summed E-state index contributed by atoms with van der Waals surface area (Å²) >= 11 is 0. The van der Waals surface area contributed by atoms with Gasteiger partial charge >= 0.3 is 67.2 Å². The summed E-state index contributed by atoms with van der Waals surface area (Å²) in [7, 11) is -12.9. The number of nitrogen functional groups attached to an aromatic ring is 1. The Kier molecular flexibility index (Phi) is 15.7. The van der Waals surface area contributed by atoms with E-state index in [4.69, 9.17) is 18.4 Å². The number of hydrogen-bond donors (Lipinski definition) is 2. The molecule has 5 rings (SSSR count). The monoisotopic (exact) mass is 720 g/mol. The summed E-state index contributed by atoms with van der Waals surface area (Å²) in [5, 5.41) is 37.9. The van der Waals surface area contributed by atoms with Crippen LogP contribution < -0.4 is 62.3 Å². The number of phenolic OH excluding ortho intramolecular Hbond substituents is 1. The molecule has 0 aliphatic carbocycles. The van der Waals surface area contributed by atoms with Crippen LogP contribution in [-0.4, -0.2) is 48.6 Å². The molecule has 0 bridgehead atoms. The molecule has 0 atom stereocenters. The van der Waals surface area contributed by atoms with E-state index in [1.165, 1.54) is 42.5 Å². The van der Waals surface area contributed by atoms with Crippen molar-refractivity contribution in [2.45, 2.75) is 9.79 Å². The maximum Gasteiger partial charge on any atom is 1.00 e. The van der Waals surface area contributed by atoms with Gasteiger partial charge in [-0.05, 0) is 42.5 Å². The third kappa shape index (κ3) is 10.5. The normalized spacial score (nSPS) is 11.2. The van der Waals surface area contributed by atoms with E-state index in [9.17, 15) is 41.2 Å². The third-order valence-corrected chi connectivity index (χ3v) is 7.87. The number of nitrogens with zero attached hydrogens (tertiary/aromatic N) is 5. The number of benzene rings is 5. The summed E-state index contributed by atoms with van der Waals surface area (Å²) in [5.74, 6) is -0.620. The van der Waals surface area contributed by atoms with Gasteiger partial charge in [0, 0.05) is 44.9 Å². The molecule has 0 amide bonds. The number of hydrogen-bond acceptors (Lipinski definition) is 17. The molecule has 5 aromatic carbocycles. The molecule has 0 heterocycles. The van der Waals surface area contributed by atoms with Crippen LogP contribution >= 0.6 is 0 Å². The van der Waals surface area contributed by atoms with Gasteiger partial charge in [0.25, 0.3) is 5.69 Å². The zero-order valence-electron chi connectivity index (χ0n) is 25.9. The number of aromatic hydroxyl groups is 1. The molecular weight excluding hydrogens is 705 g/mol. The smallest absolute Gasteiger partial charge is 0.745 e. The predicted molar refractivity (Wildman–Crippen MR) is 160 cm³/mol. The van der Waals surface area contributed by atoms with Gasteiger partial charge in [0.2, 0.25) is 0 Å². The van der Waals surface area contributed by atoms with Crippen LogP contribution in [0.5, 0.6) is 5.75 Å². The van der Waals surface area contributed by atoms with Crippen molar-refractivity contribution in [1.82, 2.24) is 0 Å². The molecule has 242 valence electrons. The predicted octanol–water partition coefficient (Wildman–Crippen LogP) is -4.36. The van der Waals surface area contributed by atoms with Crippen molar-refractivity contribution in [3.8, 4) is 5.75 Å². The second kappa shape index (κ2) is 17.8. The first-order valence-electron chi connectivity index (χ1n) is 12.3. The van der Waals surface area contributed by atoms with Crippen LogP contribution in [0.1, 0.15) is 0 Å². The number of azo groups is 2. The summed E-state index contributed by atoms with van der Waals surface area (Å²) in [6.45, 7) is 0. The molecule has 0 saturated heterocycles. The Hall–Kier alpha value is -3.95. The Bertz CT molecular complexity index is 2480. The van der Waals surface area contributed by atoms with Crippen molar-refractivity contribution in [2.75, 3.05) is 5.73 Å². The topological polar surface area (TPSA) is 304 Å². The molecule has 0 fully saturated rings. The van der Waals surface area contributed by atoms with Gasteiger partial charge in [-0.25, -0.2) is 16.8 Å². The number of non-ortho nitro benzene ring substituents is 1. The van der Waals surface area contributed by atoms with E-state index < -0.39 is 51.3 Å². The van der Waals surface area contributed by atoms with Gasteiger partial charge in [0.1, 0.15) is 20.2 Å². The van der Waals surface area contributed by atoms with Crippen molar-refractivity contribution in [1.29, 1.82) is 0 Å². The second-order valence-electron chi connectivity index (χ2n) is 9.02. The Labute approximate surface area is 320 Å². The van der Waals surface area contributed by atoms with E-state index in [1.54, 1.807) is 0 Å². The first-order chi connectivity index (χ1) is 22.0. The van der Waals surface area contributed by atoms with Gasteiger partial charge < -0.3 is 19.9 Å². The van der Waals surface area contributed by atoms with Gasteiger partial charge in [-0.1, -0.05) is 17.5 Å². The van der Waals surface area contributed by atoms with Gasteiger partial charge in [-0.2, -0.15) is 27.5 Å². The van der Waals surface area contributed by atoms with E-state index in [0.29, 0.717) is 5.39 Å². The molecule has 0 spiro atoms. The van der Waals surface area contributed by atoms with E-state index in [-0.39, 0.29) is 107 Å². The zero-order chi connectivity index (χ0) is 34.7. The molecule has 3 N–H and O–H groups in total. The Morgan fingerprint density at radius 3 is 1.84 bits per heavy atom. The minimum absolute atomic E-state index is 0. The summed E-state index contributed by atoms with van der Waals surface area (Å²) in [6.07, 6.45) is 0. The number of rotatable bonds is 7. The number of anilines is 1. The molecule has 0 radical (unpaired) electrons. The Morgan fingerprint density at radius 1 is 0.740 bits per heavy atom. The third-order valence-electron chi connectivity index (χ3n) is 6.14. The number of fused-ring (bicyclic) bond motifs is 2. The van der Waals surface area contributed by atoms with Gasteiger partial charge in [-0.15, -0.1) is 23.1 Å². The first-order valence-corrected chi connectivity index (χ1v) is 16.1. The number of phenols is 1. The quantitative estimate of drug-likeness (QED) is 0.0306. The minimum Gasteiger partial charge on any atom is -0.745 e. The minimum atomic E-state index is -4.91. The van der Waals surface area contributed by atoms with Crippen LogP contribution in [0.15, 0.2) is 103 Å². The summed E-state index contributed by atoms with van der Waals surface area (Å²) < 4.78 is 95.4. The molecule has 0 unspecified atom stereocenters. The molecule has 0 saturated carbocycles. The molecule has 24 heteroatoms.